The van der Waals surface area contributed by atoms with Gasteiger partial charge in [0.15, 0.2) is 0 Å². The first-order valence-electron chi connectivity index (χ1n) is 10.7. The lowest BCUT2D eigenvalue weighted by atomic mass is 10.1. The first-order valence-corrected chi connectivity index (χ1v) is 11.9. The highest BCUT2D eigenvalue weighted by Gasteiger charge is 2.33. The first-order chi connectivity index (χ1) is 17.4. The lowest BCUT2D eigenvalue weighted by Crippen LogP contribution is -2.29. The van der Waals surface area contributed by atoms with Gasteiger partial charge in [-0.25, -0.2) is 15.0 Å². The highest BCUT2D eigenvalue weighted by molar-refractivity contribution is 7.13. The van der Waals surface area contributed by atoms with Gasteiger partial charge >= 0.3 is 6.18 Å². The number of hydrogen-bond acceptors (Lipinski definition) is 8. The lowest BCUT2D eigenvalue weighted by molar-refractivity contribution is -0.137. The summed E-state index contributed by atoms with van der Waals surface area (Å²) in [6, 6.07) is 2.42. The molecule has 0 saturated carbocycles. The van der Waals surface area contributed by atoms with Crippen molar-refractivity contribution in [3.8, 4) is 0 Å². The highest BCUT2D eigenvalue weighted by Crippen LogP contribution is 2.36. The number of rotatable bonds is 5. The molecule has 1 atom stereocenters. The molecule has 3 amide bonds. The van der Waals surface area contributed by atoms with Gasteiger partial charge in [0.05, 0.1) is 29.4 Å². The fourth-order valence-electron chi connectivity index (χ4n) is 3.54. The van der Waals surface area contributed by atoms with Crippen LogP contribution >= 0.6 is 22.9 Å². The zero-order chi connectivity index (χ0) is 26.9. The second-order valence-electron chi connectivity index (χ2n) is 8.17. The predicted octanol–water partition coefficient (Wildman–Crippen LogP) is 3.73. The molecular weight excluding hydrogens is 535 g/mol. The van der Waals surface area contributed by atoms with Crippen LogP contribution in [0.15, 0.2) is 30.7 Å². The molecule has 1 aromatic carbocycles. The minimum absolute atomic E-state index is 0.0838. The number of hydrogen-bond donors (Lipinski definition) is 3. The molecule has 0 saturated heterocycles. The minimum Gasteiger partial charge on any atom is -0.342 e. The first kappa shape index (κ1) is 26.4. The molecule has 3 N–H and O–H groups in total. The number of carbonyl (C=O) groups is 3. The molecule has 0 radical (unpaired) electrons. The number of benzene rings is 1. The molecular formula is C22H19ClF3N7O3S. The van der Waals surface area contributed by atoms with Crippen molar-refractivity contribution in [3.05, 3.63) is 62.5 Å². The van der Waals surface area contributed by atoms with Gasteiger partial charge in [-0.2, -0.15) is 13.2 Å². The van der Waals surface area contributed by atoms with Gasteiger partial charge in [0, 0.05) is 17.8 Å². The number of thiazole rings is 1. The van der Waals surface area contributed by atoms with E-state index in [0.717, 1.165) is 23.5 Å². The average Bonchev–Trinajstić information content (AvgIpc) is 3.25. The van der Waals surface area contributed by atoms with Crippen molar-refractivity contribution in [3.63, 3.8) is 0 Å². The Hall–Kier alpha value is -3.62. The molecule has 0 bridgehead atoms. The molecule has 2 aromatic heterocycles. The maximum absolute atomic E-state index is 13.1. The Morgan fingerprint density at radius 1 is 1.19 bits per heavy atom. The van der Waals surface area contributed by atoms with E-state index in [-0.39, 0.29) is 41.1 Å². The van der Waals surface area contributed by atoms with Crippen molar-refractivity contribution in [2.75, 3.05) is 24.2 Å². The molecule has 0 unspecified atom stereocenters. The summed E-state index contributed by atoms with van der Waals surface area (Å²) >= 11 is 6.58. The molecule has 4 rings (SSSR count). The zero-order valence-corrected chi connectivity index (χ0v) is 20.9. The van der Waals surface area contributed by atoms with Gasteiger partial charge < -0.3 is 16.0 Å². The highest BCUT2D eigenvalue weighted by atomic mass is 35.5. The number of likely N-dealkylation sites (N-methyl/N-ethyl adjacent to an activating group) is 1. The van der Waals surface area contributed by atoms with Crippen LogP contribution in [0, 0.1) is 0 Å². The third-order valence-electron chi connectivity index (χ3n) is 5.25. The Labute approximate surface area is 217 Å². The number of nitrogens with one attached hydrogen (secondary N) is 3. The maximum atomic E-state index is 13.1. The fraction of sp³-hybridized carbons (Fsp3) is 0.273. The Morgan fingerprint density at radius 3 is 2.68 bits per heavy atom. The summed E-state index contributed by atoms with van der Waals surface area (Å²) in [6.07, 6.45) is -2.23. The summed E-state index contributed by atoms with van der Waals surface area (Å²) in [5, 5.41) is 7.70. The monoisotopic (exact) mass is 553 g/mol. The normalized spacial score (nSPS) is 14.8. The van der Waals surface area contributed by atoms with Gasteiger partial charge in [-0.15, -0.1) is 11.3 Å². The van der Waals surface area contributed by atoms with E-state index in [1.165, 1.54) is 18.6 Å². The van der Waals surface area contributed by atoms with E-state index in [1.807, 2.05) is 0 Å². The van der Waals surface area contributed by atoms with Crippen LogP contribution in [0.4, 0.5) is 24.7 Å². The Morgan fingerprint density at radius 2 is 1.95 bits per heavy atom. The predicted molar refractivity (Wildman–Crippen MR) is 129 cm³/mol. The summed E-state index contributed by atoms with van der Waals surface area (Å²) in [6.45, 7) is 2.06. The van der Waals surface area contributed by atoms with Gasteiger partial charge in [0.25, 0.3) is 11.8 Å². The van der Waals surface area contributed by atoms with Crippen LogP contribution in [0.25, 0.3) is 0 Å². The van der Waals surface area contributed by atoms with Gasteiger partial charge in [0.1, 0.15) is 27.7 Å². The Bertz CT molecular complexity index is 1380. The smallest absolute Gasteiger partial charge is 0.342 e. The SMILES string of the molecule is C[C@@H](NC(=O)c1ncnc2c1CN(C)CC(=O)N2)c1ncc(C(=O)Nc2ccc(Cl)c(C(F)(F)F)c2)s1. The number of aromatic nitrogens is 3. The zero-order valence-electron chi connectivity index (χ0n) is 19.3. The molecule has 1 aliphatic heterocycles. The van der Waals surface area contributed by atoms with E-state index in [9.17, 15) is 27.6 Å². The van der Waals surface area contributed by atoms with Gasteiger partial charge in [-0.1, -0.05) is 11.6 Å². The molecule has 37 heavy (non-hydrogen) atoms. The summed E-state index contributed by atoms with van der Waals surface area (Å²) < 4.78 is 39.3. The fourth-order valence-corrected chi connectivity index (χ4v) is 4.58. The van der Waals surface area contributed by atoms with Gasteiger partial charge in [-0.05, 0) is 32.2 Å². The Balaban J connectivity index is 1.46. The molecule has 0 fully saturated rings. The molecule has 194 valence electrons. The molecule has 10 nitrogen and oxygen atoms in total. The maximum Gasteiger partial charge on any atom is 0.417 e. The number of fused-ring (bicyclic) bond motifs is 1. The second kappa shape index (κ2) is 10.4. The van der Waals surface area contributed by atoms with Gasteiger partial charge in [0.2, 0.25) is 5.91 Å². The summed E-state index contributed by atoms with van der Waals surface area (Å²) in [5.41, 5.74) is -0.606. The lowest BCUT2D eigenvalue weighted by Gasteiger charge is -2.16. The Kier molecular flexibility index (Phi) is 7.43. The van der Waals surface area contributed by atoms with Crippen LogP contribution in [-0.2, 0) is 17.5 Å². The van der Waals surface area contributed by atoms with Crippen LogP contribution in [0.3, 0.4) is 0 Å². The third-order valence-corrected chi connectivity index (χ3v) is 6.76. The molecule has 0 aliphatic carbocycles. The van der Waals surface area contributed by atoms with Crippen LogP contribution in [0.5, 0.6) is 0 Å². The molecule has 3 aromatic rings. The standard InChI is InChI=1S/C22H19ClF3N7O3S/c1-10(30-20(36)17-12-7-33(2)8-16(34)32-18(12)29-9-28-17)21-27-6-15(37-21)19(35)31-11-3-4-14(23)13(5-11)22(24,25)26/h3-6,9-10H,7-8H2,1-2H3,(H,30,36)(H,31,35)(H,28,29,32,34)/t10-/m1/s1. The summed E-state index contributed by atoms with van der Waals surface area (Å²) in [4.78, 5) is 51.7. The molecule has 3 heterocycles. The van der Waals surface area contributed by atoms with E-state index in [1.54, 1.807) is 18.9 Å². The van der Waals surface area contributed by atoms with Crippen molar-refractivity contribution in [2.24, 2.45) is 0 Å². The second-order valence-corrected chi connectivity index (χ2v) is 9.64. The average molecular weight is 554 g/mol. The summed E-state index contributed by atoms with van der Waals surface area (Å²) in [5.74, 6) is -1.21. The van der Waals surface area contributed by atoms with Crippen molar-refractivity contribution in [2.45, 2.75) is 25.7 Å². The minimum atomic E-state index is -4.67. The number of halogens is 4. The molecule has 15 heteroatoms. The van der Waals surface area contributed by atoms with Crippen LogP contribution in [-0.4, -0.2) is 51.2 Å². The van der Waals surface area contributed by atoms with Crippen molar-refractivity contribution in [1.29, 1.82) is 0 Å². The van der Waals surface area contributed by atoms with Crippen LogP contribution in [0.2, 0.25) is 5.02 Å². The van der Waals surface area contributed by atoms with Gasteiger partial charge in [-0.3, -0.25) is 19.3 Å². The third kappa shape index (κ3) is 6.03. The largest absolute Gasteiger partial charge is 0.417 e. The number of carbonyl (C=O) groups excluding carboxylic acids is 3. The van der Waals surface area contributed by atoms with E-state index in [0.29, 0.717) is 10.6 Å². The summed E-state index contributed by atoms with van der Waals surface area (Å²) in [7, 11) is 1.72. The van der Waals surface area contributed by atoms with E-state index < -0.39 is 34.6 Å². The van der Waals surface area contributed by atoms with E-state index in [2.05, 4.69) is 30.9 Å². The quantitative estimate of drug-likeness (QED) is 0.439. The van der Waals surface area contributed by atoms with Crippen LogP contribution < -0.4 is 16.0 Å². The number of nitrogens with zero attached hydrogens (tertiary/aromatic N) is 4. The van der Waals surface area contributed by atoms with Crippen molar-refractivity contribution in [1.82, 2.24) is 25.2 Å². The van der Waals surface area contributed by atoms with Crippen LogP contribution in [0.1, 0.15) is 49.3 Å². The topological polar surface area (TPSA) is 129 Å². The van der Waals surface area contributed by atoms with Crippen molar-refractivity contribution < 1.29 is 27.6 Å². The van der Waals surface area contributed by atoms with Crippen molar-refractivity contribution >= 4 is 52.2 Å². The molecule has 0 spiro atoms. The number of amides is 3. The molecule has 1 aliphatic rings. The number of anilines is 2. The van der Waals surface area contributed by atoms with E-state index >= 15 is 0 Å². The van der Waals surface area contributed by atoms with E-state index in [4.69, 9.17) is 11.6 Å². The number of alkyl halides is 3.